The summed E-state index contributed by atoms with van der Waals surface area (Å²) in [6.07, 6.45) is 2.77. The van der Waals surface area contributed by atoms with E-state index in [-0.39, 0.29) is 11.9 Å². The van der Waals surface area contributed by atoms with E-state index >= 15 is 0 Å². The lowest BCUT2D eigenvalue weighted by atomic mass is 10.2. The SMILES string of the molecule is O=C1CSc2ccccc2N1CCc1nc([C@@H]2CCCN2)no1. The Balaban J connectivity index is 1.45. The molecule has 4 rings (SSSR count). The summed E-state index contributed by atoms with van der Waals surface area (Å²) >= 11 is 1.59. The summed E-state index contributed by atoms with van der Waals surface area (Å²) in [5, 5.41) is 7.43. The molecule has 0 aliphatic carbocycles. The van der Waals surface area contributed by atoms with Gasteiger partial charge in [0.1, 0.15) is 0 Å². The number of fused-ring (bicyclic) bond motifs is 1. The lowest BCUT2D eigenvalue weighted by Crippen LogP contribution is -2.36. The number of nitrogens with zero attached hydrogens (tertiary/aromatic N) is 3. The Morgan fingerprint density at radius 1 is 1.39 bits per heavy atom. The number of thioether (sulfide) groups is 1. The number of nitrogens with one attached hydrogen (secondary N) is 1. The molecule has 1 aromatic carbocycles. The quantitative estimate of drug-likeness (QED) is 0.926. The topological polar surface area (TPSA) is 71.3 Å². The number of hydrogen-bond donors (Lipinski definition) is 1. The predicted molar refractivity (Wildman–Crippen MR) is 87.5 cm³/mol. The molecule has 1 aromatic heterocycles. The summed E-state index contributed by atoms with van der Waals surface area (Å²) in [4.78, 5) is 19.7. The molecule has 1 saturated heterocycles. The molecule has 0 spiro atoms. The van der Waals surface area contributed by atoms with Crippen LogP contribution in [0.1, 0.15) is 30.6 Å². The number of amides is 1. The lowest BCUT2D eigenvalue weighted by molar-refractivity contribution is -0.116. The van der Waals surface area contributed by atoms with Crippen LogP contribution in [0.25, 0.3) is 0 Å². The van der Waals surface area contributed by atoms with Crippen molar-refractivity contribution in [2.24, 2.45) is 0 Å². The Kier molecular flexibility index (Phi) is 4.05. The van der Waals surface area contributed by atoms with Crippen LogP contribution in [0.3, 0.4) is 0 Å². The minimum absolute atomic E-state index is 0.130. The molecule has 0 bridgehead atoms. The van der Waals surface area contributed by atoms with Crippen molar-refractivity contribution in [3.8, 4) is 0 Å². The third-order valence-corrected chi connectivity index (χ3v) is 5.26. The second-order valence-corrected chi connectivity index (χ2v) is 6.76. The van der Waals surface area contributed by atoms with E-state index in [1.54, 1.807) is 11.8 Å². The maximum Gasteiger partial charge on any atom is 0.237 e. The van der Waals surface area contributed by atoms with E-state index in [1.165, 1.54) is 0 Å². The maximum atomic E-state index is 12.2. The van der Waals surface area contributed by atoms with E-state index in [2.05, 4.69) is 21.5 Å². The number of carbonyl (C=O) groups excluding carboxylic acids is 1. The van der Waals surface area contributed by atoms with Crippen LogP contribution in [-0.4, -0.2) is 34.9 Å². The highest BCUT2D eigenvalue weighted by Crippen LogP contribution is 2.34. The van der Waals surface area contributed by atoms with E-state index in [0.717, 1.165) is 35.8 Å². The molecule has 0 radical (unpaired) electrons. The van der Waals surface area contributed by atoms with Crippen molar-refractivity contribution in [1.29, 1.82) is 0 Å². The Morgan fingerprint density at radius 2 is 2.30 bits per heavy atom. The molecule has 7 heteroatoms. The van der Waals surface area contributed by atoms with E-state index in [4.69, 9.17) is 4.52 Å². The summed E-state index contributed by atoms with van der Waals surface area (Å²) in [6, 6.07) is 8.21. The highest BCUT2D eigenvalue weighted by molar-refractivity contribution is 8.00. The van der Waals surface area contributed by atoms with Crippen LogP contribution >= 0.6 is 11.8 Å². The van der Waals surface area contributed by atoms with Gasteiger partial charge in [0.15, 0.2) is 5.82 Å². The van der Waals surface area contributed by atoms with Gasteiger partial charge in [0, 0.05) is 17.9 Å². The molecule has 1 atom stereocenters. The molecule has 1 fully saturated rings. The van der Waals surface area contributed by atoms with Crippen LogP contribution in [0, 0.1) is 0 Å². The summed E-state index contributed by atoms with van der Waals surface area (Å²) in [7, 11) is 0. The largest absolute Gasteiger partial charge is 0.339 e. The third-order valence-electron chi connectivity index (χ3n) is 4.21. The molecule has 0 unspecified atom stereocenters. The Bertz CT molecular complexity index is 712. The summed E-state index contributed by atoms with van der Waals surface area (Å²) in [6.45, 7) is 1.57. The van der Waals surface area contributed by atoms with Crippen molar-refractivity contribution in [3.05, 3.63) is 36.0 Å². The lowest BCUT2D eigenvalue weighted by Gasteiger charge is -2.28. The fourth-order valence-electron chi connectivity index (χ4n) is 3.02. The van der Waals surface area contributed by atoms with E-state index in [9.17, 15) is 4.79 Å². The van der Waals surface area contributed by atoms with Crippen molar-refractivity contribution >= 4 is 23.4 Å². The second kappa shape index (κ2) is 6.33. The monoisotopic (exact) mass is 330 g/mol. The van der Waals surface area contributed by atoms with Gasteiger partial charge in [-0.1, -0.05) is 17.3 Å². The molecule has 0 saturated carbocycles. The zero-order chi connectivity index (χ0) is 15.6. The van der Waals surface area contributed by atoms with Gasteiger partial charge in [-0.2, -0.15) is 4.98 Å². The van der Waals surface area contributed by atoms with Gasteiger partial charge in [0.25, 0.3) is 0 Å². The van der Waals surface area contributed by atoms with Crippen LogP contribution < -0.4 is 10.2 Å². The zero-order valence-corrected chi connectivity index (χ0v) is 13.5. The Morgan fingerprint density at radius 3 is 3.17 bits per heavy atom. The predicted octanol–water partition coefficient (Wildman–Crippen LogP) is 2.18. The van der Waals surface area contributed by atoms with E-state index in [1.807, 2.05) is 23.1 Å². The molecule has 1 N–H and O–H groups in total. The Hall–Kier alpha value is -1.86. The maximum absolute atomic E-state index is 12.2. The normalized spacial score (nSPS) is 20.8. The van der Waals surface area contributed by atoms with Gasteiger partial charge >= 0.3 is 0 Å². The number of para-hydroxylation sites is 1. The van der Waals surface area contributed by atoms with Crippen molar-refractivity contribution < 1.29 is 9.32 Å². The average Bonchev–Trinajstić information content (AvgIpc) is 3.25. The molecule has 1 amide bonds. The van der Waals surface area contributed by atoms with Gasteiger partial charge in [-0.3, -0.25) is 4.79 Å². The summed E-state index contributed by atoms with van der Waals surface area (Å²) in [5.41, 5.74) is 0.978. The molecule has 6 nitrogen and oxygen atoms in total. The smallest absolute Gasteiger partial charge is 0.237 e. The molecule has 2 aliphatic heterocycles. The first kappa shape index (κ1) is 14.7. The minimum atomic E-state index is 0.130. The second-order valence-electron chi connectivity index (χ2n) is 5.75. The van der Waals surface area contributed by atoms with Crippen LogP contribution in [0.4, 0.5) is 5.69 Å². The molecule has 120 valence electrons. The standard InChI is InChI=1S/C16H18N4O2S/c21-15-10-23-13-6-2-1-5-12(13)20(15)9-7-14-18-16(19-22-14)11-4-3-8-17-11/h1-2,5-6,11,17H,3-4,7-10H2/t11-/m0/s1. The van der Waals surface area contributed by atoms with Gasteiger partial charge in [-0.15, -0.1) is 11.8 Å². The van der Waals surface area contributed by atoms with Crippen molar-refractivity contribution in [1.82, 2.24) is 15.5 Å². The first-order valence-corrected chi connectivity index (χ1v) is 8.88. The number of hydrogen-bond acceptors (Lipinski definition) is 6. The van der Waals surface area contributed by atoms with Gasteiger partial charge in [0.2, 0.25) is 11.8 Å². The number of anilines is 1. The Labute approximate surface area is 138 Å². The van der Waals surface area contributed by atoms with Gasteiger partial charge < -0.3 is 14.7 Å². The molecule has 2 aliphatic rings. The van der Waals surface area contributed by atoms with Crippen molar-refractivity contribution in [3.63, 3.8) is 0 Å². The number of rotatable bonds is 4. The summed E-state index contributed by atoms with van der Waals surface area (Å²) in [5.74, 6) is 1.94. The third kappa shape index (κ3) is 2.98. The fourth-order valence-corrected chi connectivity index (χ4v) is 3.96. The molecular weight excluding hydrogens is 312 g/mol. The minimum Gasteiger partial charge on any atom is -0.339 e. The highest BCUT2D eigenvalue weighted by atomic mass is 32.2. The number of carbonyl (C=O) groups is 1. The van der Waals surface area contributed by atoms with Crippen LogP contribution in [0.2, 0.25) is 0 Å². The number of aromatic nitrogens is 2. The van der Waals surface area contributed by atoms with Crippen molar-refractivity contribution in [2.75, 3.05) is 23.7 Å². The zero-order valence-electron chi connectivity index (χ0n) is 12.7. The van der Waals surface area contributed by atoms with Crippen LogP contribution in [0.15, 0.2) is 33.7 Å². The average molecular weight is 330 g/mol. The first-order chi connectivity index (χ1) is 11.3. The van der Waals surface area contributed by atoms with E-state index < -0.39 is 0 Å². The fraction of sp³-hybridized carbons (Fsp3) is 0.438. The summed E-state index contributed by atoms with van der Waals surface area (Å²) < 4.78 is 5.35. The van der Waals surface area contributed by atoms with Crippen LogP contribution in [0.5, 0.6) is 0 Å². The molecule has 2 aromatic rings. The van der Waals surface area contributed by atoms with Gasteiger partial charge in [-0.05, 0) is 31.5 Å². The first-order valence-electron chi connectivity index (χ1n) is 7.89. The van der Waals surface area contributed by atoms with E-state index in [0.29, 0.717) is 24.6 Å². The van der Waals surface area contributed by atoms with Crippen LogP contribution in [-0.2, 0) is 11.2 Å². The van der Waals surface area contributed by atoms with Gasteiger partial charge in [-0.25, -0.2) is 0 Å². The molecular formula is C16H18N4O2S. The number of benzene rings is 1. The molecule has 3 heterocycles. The highest BCUT2D eigenvalue weighted by Gasteiger charge is 2.25. The van der Waals surface area contributed by atoms with Crippen molar-refractivity contribution in [2.45, 2.75) is 30.2 Å². The van der Waals surface area contributed by atoms with Gasteiger partial charge in [0.05, 0.1) is 17.5 Å². The molecule has 23 heavy (non-hydrogen) atoms.